The van der Waals surface area contributed by atoms with Crippen LogP contribution in [-0.4, -0.2) is 62.3 Å². The monoisotopic (exact) mass is 379 g/mol. The summed E-state index contributed by atoms with van der Waals surface area (Å²) in [5.41, 5.74) is 1.10. The van der Waals surface area contributed by atoms with Crippen LogP contribution in [0.15, 0.2) is 29.2 Å². The van der Waals surface area contributed by atoms with Crippen LogP contribution in [0.3, 0.4) is 0 Å². The molecule has 1 atom stereocenters. The highest BCUT2D eigenvalue weighted by molar-refractivity contribution is 7.89. The highest BCUT2D eigenvalue weighted by atomic mass is 32.2. The van der Waals surface area contributed by atoms with E-state index < -0.39 is 10.0 Å². The third kappa shape index (κ3) is 3.94. The third-order valence-electron chi connectivity index (χ3n) is 5.27. The number of hydrogen-bond acceptors (Lipinski definition) is 4. The van der Waals surface area contributed by atoms with Crippen LogP contribution in [0.5, 0.6) is 0 Å². The molecule has 2 saturated heterocycles. The minimum Gasteiger partial charge on any atom is -0.339 e. The Balaban J connectivity index is 1.65. The smallest absolute Gasteiger partial charge is 0.243 e. The maximum absolute atomic E-state index is 12.9. The molecule has 6 nitrogen and oxygen atoms in total. The number of carbonyl (C=O) groups is 1. The van der Waals surface area contributed by atoms with Gasteiger partial charge in [-0.15, -0.1) is 0 Å². The summed E-state index contributed by atoms with van der Waals surface area (Å²) in [4.78, 5) is 14.6. The molecule has 2 aliphatic heterocycles. The van der Waals surface area contributed by atoms with Crippen LogP contribution >= 0.6 is 0 Å². The topological polar surface area (TPSA) is 69.7 Å². The second kappa shape index (κ2) is 7.29. The highest BCUT2D eigenvalue weighted by Crippen LogP contribution is 2.25. The fourth-order valence-corrected chi connectivity index (χ4v) is 4.96. The molecule has 26 heavy (non-hydrogen) atoms. The number of nitrogens with zero attached hydrogens (tertiary/aromatic N) is 2. The van der Waals surface area contributed by atoms with Crippen LogP contribution in [0, 0.1) is 0 Å². The van der Waals surface area contributed by atoms with Crippen molar-refractivity contribution in [1.29, 1.82) is 0 Å². The first-order valence-electron chi connectivity index (χ1n) is 9.32. The molecule has 7 heteroatoms. The van der Waals surface area contributed by atoms with E-state index in [1.54, 1.807) is 17.0 Å². The molecule has 0 saturated carbocycles. The van der Waals surface area contributed by atoms with Crippen molar-refractivity contribution in [3.63, 3.8) is 0 Å². The van der Waals surface area contributed by atoms with Gasteiger partial charge < -0.3 is 10.2 Å². The van der Waals surface area contributed by atoms with Crippen molar-refractivity contribution in [1.82, 2.24) is 14.5 Å². The molecule has 0 aromatic heterocycles. The second-order valence-corrected chi connectivity index (χ2v) is 10.1. The van der Waals surface area contributed by atoms with Crippen LogP contribution in [-0.2, 0) is 20.2 Å². The Morgan fingerprint density at radius 3 is 2.19 bits per heavy atom. The largest absolute Gasteiger partial charge is 0.339 e. The SMILES string of the molecule is CC(C)(C)c1ccc(S(=O)(=O)N2CCN(C(=O)C3CCCN3)CC2)cc1. The Bertz CT molecular complexity index is 739. The molecule has 2 fully saturated rings. The van der Waals surface area contributed by atoms with Gasteiger partial charge in [0.15, 0.2) is 0 Å². The zero-order valence-electron chi connectivity index (χ0n) is 15.9. The van der Waals surface area contributed by atoms with Gasteiger partial charge in [0.1, 0.15) is 0 Å². The minimum absolute atomic E-state index is 0.0114. The van der Waals surface area contributed by atoms with E-state index in [2.05, 4.69) is 26.1 Å². The van der Waals surface area contributed by atoms with Gasteiger partial charge in [0, 0.05) is 26.2 Å². The van der Waals surface area contributed by atoms with Crippen molar-refractivity contribution in [3.05, 3.63) is 29.8 Å². The van der Waals surface area contributed by atoms with Gasteiger partial charge in [-0.2, -0.15) is 4.31 Å². The van der Waals surface area contributed by atoms with E-state index in [1.165, 1.54) is 4.31 Å². The van der Waals surface area contributed by atoms with E-state index in [0.717, 1.165) is 24.9 Å². The molecule has 144 valence electrons. The van der Waals surface area contributed by atoms with Gasteiger partial charge in [0.2, 0.25) is 15.9 Å². The van der Waals surface area contributed by atoms with E-state index in [0.29, 0.717) is 31.1 Å². The van der Waals surface area contributed by atoms with Crippen LogP contribution in [0.25, 0.3) is 0 Å². The van der Waals surface area contributed by atoms with E-state index in [1.807, 2.05) is 12.1 Å². The van der Waals surface area contributed by atoms with Crippen molar-refractivity contribution in [2.75, 3.05) is 32.7 Å². The standard InChI is InChI=1S/C19H29N3O3S/c1-19(2,3)15-6-8-16(9-7-15)26(24,25)22-13-11-21(12-14-22)18(23)17-5-4-10-20-17/h6-9,17,20H,4-5,10-14H2,1-3H3. The lowest BCUT2D eigenvalue weighted by molar-refractivity contribution is -0.134. The van der Waals surface area contributed by atoms with Crippen molar-refractivity contribution in [2.24, 2.45) is 0 Å². The number of carbonyl (C=O) groups excluding carboxylic acids is 1. The number of nitrogens with one attached hydrogen (secondary N) is 1. The first-order valence-corrected chi connectivity index (χ1v) is 10.8. The first-order chi connectivity index (χ1) is 12.2. The normalized spacial score (nSPS) is 22.6. The number of sulfonamides is 1. The molecular formula is C19H29N3O3S. The van der Waals surface area contributed by atoms with E-state index in [-0.39, 0.29) is 17.4 Å². The number of hydrogen-bond donors (Lipinski definition) is 1. The van der Waals surface area contributed by atoms with Gasteiger partial charge in [-0.25, -0.2) is 8.42 Å². The van der Waals surface area contributed by atoms with Crippen LogP contribution < -0.4 is 5.32 Å². The quantitative estimate of drug-likeness (QED) is 0.866. The van der Waals surface area contributed by atoms with Crippen LogP contribution in [0.4, 0.5) is 0 Å². The minimum atomic E-state index is -3.51. The molecule has 1 aromatic carbocycles. The number of benzene rings is 1. The lowest BCUT2D eigenvalue weighted by Gasteiger charge is -2.35. The molecule has 1 amide bonds. The molecule has 2 aliphatic rings. The lowest BCUT2D eigenvalue weighted by Crippen LogP contribution is -2.54. The molecule has 3 rings (SSSR count). The van der Waals surface area contributed by atoms with E-state index in [9.17, 15) is 13.2 Å². The Morgan fingerprint density at radius 1 is 1.08 bits per heavy atom. The van der Waals surface area contributed by atoms with Crippen molar-refractivity contribution in [2.45, 2.75) is 50.0 Å². The average Bonchev–Trinajstić information content (AvgIpc) is 3.15. The molecule has 1 N–H and O–H groups in total. The Labute approximate surface area is 156 Å². The molecule has 0 spiro atoms. The highest BCUT2D eigenvalue weighted by Gasteiger charge is 2.33. The van der Waals surface area contributed by atoms with Crippen LogP contribution in [0.2, 0.25) is 0 Å². The Morgan fingerprint density at radius 2 is 1.69 bits per heavy atom. The molecule has 0 radical (unpaired) electrons. The molecule has 1 unspecified atom stereocenters. The Kier molecular flexibility index (Phi) is 5.42. The average molecular weight is 380 g/mol. The van der Waals surface area contributed by atoms with Crippen molar-refractivity contribution >= 4 is 15.9 Å². The summed E-state index contributed by atoms with van der Waals surface area (Å²) in [6, 6.07) is 7.06. The lowest BCUT2D eigenvalue weighted by atomic mass is 9.87. The fraction of sp³-hybridized carbons (Fsp3) is 0.632. The summed E-state index contributed by atoms with van der Waals surface area (Å²) in [6.45, 7) is 8.80. The third-order valence-corrected chi connectivity index (χ3v) is 7.18. The van der Waals surface area contributed by atoms with E-state index in [4.69, 9.17) is 0 Å². The summed E-state index contributed by atoms with van der Waals surface area (Å²) < 4.78 is 27.3. The predicted octanol–water partition coefficient (Wildman–Crippen LogP) is 1.57. The van der Waals surface area contributed by atoms with Crippen LogP contribution in [0.1, 0.15) is 39.2 Å². The van der Waals surface area contributed by atoms with Gasteiger partial charge >= 0.3 is 0 Å². The summed E-state index contributed by atoms with van der Waals surface area (Å²) in [7, 11) is -3.51. The van der Waals surface area contributed by atoms with Gasteiger partial charge in [0.25, 0.3) is 0 Å². The fourth-order valence-electron chi connectivity index (χ4n) is 3.54. The predicted molar refractivity (Wildman–Crippen MR) is 102 cm³/mol. The van der Waals surface area contributed by atoms with Gasteiger partial charge in [-0.3, -0.25) is 4.79 Å². The van der Waals surface area contributed by atoms with E-state index >= 15 is 0 Å². The van der Waals surface area contributed by atoms with Crippen molar-refractivity contribution in [3.8, 4) is 0 Å². The summed E-state index contributed by atoms with van der Waals surface area (Å²) in [5.74, 6) is 0.106. The molecule has 0 bridgehead atoms. The zero-order valence-corrected chi connectivity index (χ0v) is 16.7. The summed E-state index contributed by atoms with van der Waals surface area (Å²) >= 11 is 0. The summed E-state index contributed by atoms with van der Waals surface area (Å²) in [5, 5.41) is 3.22. The number of amides is 1. The van der Waals surface area contributed by atoms with Crippen molar-refractivity contribution < 1.29 is 13.2 Å². The number of piperazine rings is 1. The molecule has 2 heterocycles. The molecular weight excluding hydrogens is 350 g/mol. The molecule has 1 aromatic rings. The maximum atomic E-state index is 12.9. The zero-order chi connectivity index (χ0) is 18.9. The maximum Gasteiger partial charge on any atom is 0.243 e. The summed E-state index contributed by atoms with van der Waals surface area (Å²) in [6.07, 6.45) is 1.90. The first kappa shape index (κ1) is 19.3. The number of rotatable bonds is 3. The van der Waals surface area contributed by atoms with Gasteiger partial charge in [-0.1, -0.05) is 32.9 Å². The Hall–Kier alpha value is -1.44. The van der Waals surface area contributed by atoms with Gasteiger partial charge in [0.05, 0.1) is 10.9 Å². The molecule has 0 aliphatic carbocycles. The second-order valence-electron chi connectivity index (χ2n) is 8.15. The van der Waals surface area contributed by atoms with Gasteiger partial charge in [-0.05, 0) is 42.5 Å².